The molecule has 4 rings (SSSR count). The summed E-state index contributed by atoms with van der Waals surface area (Å²) >= 11 is 0. The molecule has 0 saturated carbocycles. The normalized spacial score (nSPS) is 18.5. The summed E-state index contributed by atoms with van der Waals surface area (Å²) in [4.78, 5) is 2.44. The summed E-state index contributed by atoms with van der Waals surface area (Å²) in [7, 11) is 0. The van der Waals surface area contributed by atoms with Crippen LogP contribution in [-0.2, 0) is 5.60 Å². The topological polar surface area (TPSA) is 23.5 Å². The molecule has 0 unspecified atom stereocenters. The fourth-order valence-corrected chi connectivity index (χ4v) is 4.41. The number of aryl methyl sites for hydroxylation is 2. The van der Waals surface area contributed by atoms with E-state index in [0.717, 1.165) is 24.1 Å². The molecule has 0 aromatic heterocycles. The Hall–Kier alpha value is -2.42. The smallest absolute Gasteiger partial charge is 0.130 e. The molecule has 3 aromatic carbocycles. The number of benzene rings is 3. The molecule has 3 aromatic rings. The van der Waals surface area contributed by atoms with E-state index in [-0.39, 0.29) is 12.1 Å². The Bertz CT molecular complexity index is 869. The minimum Gasteiger partial charge on any atom is -0.379 e. The van der Waals surface area contributed by atoms with Gasteiger partial charge in [0.15, 0.2) is 0 Å². The maximum atomic E-state index is 12.2. The fourth-order valence-electron chi connectivity index (χ4n) is 4.41. The molecule has 0 bridgehead atoms. The lowest BCUT2D eigenvalue weighted by molar-refractivity contribution is -0.0893. The monoisotopic (exact) mass is 371 g/mol. The molecule has 2 atom stereocenters. The van der Waals surface area contributed by atoms with Crippen LogP contribution in [0, 0.1) is 13.8 Å². The first-order valence-corrected chi connectivity index (χ1v) is 10.2. The zero-order chi connectivity index (χ0) is 19.7. The fraction of sp³-hybridized carbons (Fsp3) is 0.308. The number of hydrogen-bond acceptors (Lipinski definition) is 2. The lowest BCUT2D eigenvalue weighted by atomic mass is 9.74. The Labute approximate surface area is 168 Å². The molecule has 1 aliphatic heterocycles. The van der Waals surface area contributed by atoms with Gasteiger partial charge in [0.2, 0.25) is 0 Å². The van der Waals surface area contributed by atoms with Crippen molar-refractivity contribution in [1.29, 1.82) is 0 Å². The van der Waals surface area contributed by atoms with Crippen LogP contribution in [0.2, 0.25) is 0 Å². The second kappa shape index (κ2) is 7.54. The van der Waals surface area contributed by atoms with Gasteiger partial charge in [-0.25, -0.2) is 0 Å². The summed E-state index contributed by atoms with van der Waals surface area (Å²) < 4.78 is 0. The molecule has 1 fully saturated rings. The zero-order valence-electron chi connectivity index (χ0n) is 17.0. The first-order valence-electron chi connectivity index (χ1n) is 10.2. The Kier molecular flexibility index (Phi) is 5.09. The summed E-state index contributed by atoms with van der Waals surface area (Å²) in [5.74, 6) is 0. The lowest BCUT2D eigenvalue weighted by Gasteiger charge is -2.53. The predicted octanol–water partition coefficient (Wildman–Crippen LogP) is 5.37. The number of aliphatic hydroxyl groups is 1. The molecule has 1 heterocycles. The van der Waals surface area contributed by atoms with E-state index >= 15 is 0 Å². The molecule has 28 heavy (non-hydrogen) atoms. The van der Waals surface area contributed by atoms with Gasteiger partial charge in [0.1, 0.15) is 5.60 Å². The van der Waals surface area contributed by atoms with Gasteiger partial charge in [-0.1, -0.05) is 90.0 Å². The van der Waals surface area contributed by atoms with Gasteiger partial charge in [-0.05, 0) is 43.9 Å². The van der Waals surface area contributed by atoms with E-state index in [1.165, 1.54) is 16.7 Å². The van der Waals surface area contributed by atoms with Crippen molar-refractivity contribution in [3.8, 4) is 0 Å². The van der Waals surface area contributed by atoms with Crippen LogP contribution >= 0.6 is 0 Å². The third-order valence-corrected chi connectivity index (χ3v) is 6.31. The summed E-state index contributed by atoms with van der Waals surface area (Å²) in [6.45, 7) is 7.41. The van der Waals surface area contributed by atoms with Crippen molar-refractivity contribution in [1.82, 2.24) is 4.90 Å². The van der Waals surface area contributed by atoms with Gasteiger partial charge in [-0.2, -0.15) is 0 Å². The lowest BCUT2D eigenvalue weighted by Crippen LogP contribution is -2.60. The molecule has 0 amide bonds. The van der Waals surface area contributed by atoms with Crippen molar-refractivity contribution >= 4 is 0 Å². The van der Waals surface area contributed by atoms with E-state index in [1.54, 1.807) is 0 Å². The Morgan fingerprint density at radius 3 is 1.75 bits per heavy atom. The molecule has 1 aliphatic rings. The summed E-state index contributed by atoms with van der Waals surface area (Å²) in [6, 6.07) is 27.6. The second-order valence-electron chi connectivity index (χ2n) is 8.13. The summed E-state index contributed by atoms with van der Waals surface area (Å²) in [5, 5.41) is 12.2. The molecule has 1 saturated heterocycles. The van der Waals surface area contributed by atoms with E-state index in [4.69, 9.17) is 0 Å². The third-order valence-electron chi connectivity index (χ3n) is 6.31. The first-order chi connectivity index (χ1) is 13.5. The van der Waals surface area contributed by atoms with Crippen LogP contribution in [0.3, 0.4) is 0 Å². The Balaban J connectivity index is 1.75. The Morgan fingerprint density at radius 1 is 0.821 bits per heavy atom. The molecular weight excluding hydrogens is 342 g/mol. The average molecular weight is 372 g/mol. The maximum absolute atomic E-state index is 12.2. The highest BCUT2D eigenvalue weighted by Crippen LogP contribution is 2.44. The number of nitrogens with zero attached hydrogens (tertiary/aromatic N) is 1. The van der Waals surface area contributed by atoms with Crippen LogP contribution in [-0.4, -0.2) is 22.6 Å². The first kappa shape index (κ1) is 18.9. The van der Waals surface area contributed by atoms with E-state index in [2.05, 4.69) is 105 Å². The van der Waals surface area contributed by atoms with Crippen LogP contribution in [0.25, 0.3) is 0 Å². The number of hydrogen-bond donors (Lipinski definition) is 1. The standard InChI is InChI=1S/C26H29NO/c1-19-9-13-23(14-10-19)26(28,24-15-11-20(2)12-16-24)25-17-18-27(25)21(3)22-7-5-4-6-8-22/h4-16,21,25,28H,17-18H2,1-3H3/t21-,25-/m0/s1. The molecular formula is C26H29NO. The van der Waals surface area contributed by atoms with Crippen LogP contribution in [0.1, 0.15) is 47.2 Å². The van der Waals surface area contributed by atoms with Crippen molar-refractivity contribution in [2.24, 2.45) is 0 Å². The van der Waals surface area contributed by atoms with Crippen LogP contribution in [0.5, 0.6) is 0 Å². The predicted molar refractivity (Wildman–Crippen MR) is 115 cm³/mol. The van der Waals surface area contributed by atoms with Gasteiger partial charge in [-0.15, -0.1) is 0 Å². The minimum atomic E-state index is -1.03. The highest BCUT2D eigenvalue weighted by atomic mass is 16.3. The van der Waals surface area contributed by atoms with Crippen LogP contribution in [0.15, 0.2) is 78.9 Å². The molecule has 144 valence electrons. The molecule has 2 nitrogen and oxygen atoms in total. The van der Waals surface area contributed by atoms with E-state index in [9.17, 15) is 5.11 Å². The highest BCUT2D eigenvalue weighted by molar-refractivity contribution is 5.41. The van der Waals surface area contributed by atoms with Crippen LogP contribution < -0.4 is 0 Å². The molecule has 1 N–H and O–H groups in total. The highest BCUT2D eigenvalue weighted by Gasteiger charge is 2.49. The van der Waals surface area contributed by atoms with E-state index < -0.39 is 5.60 Å². The molecule has 0 aliphatic carbocycles. The van der Waals surface area contributed by atoms with Gasteiger partial charge in [0.05, 0.1) is 0 Å². The van der Waals surface area contributed by atoms with Gasteiger partial charge >= 0.3 is 0 Å². The van der Waals surface area contributed by atoms with E-state index in [0.29, 0.717) is 0 Å². The molecule has 0 radical (unpaired) electrons. The van der Waals surface area contributed by atoms with E-state index in [1.807, 2.05) is 0 Å². The van der Waals surface area contributed by atoms with Crippen LogP contribution in [0.4, 0.5) is 0 Å². The van der Waals surface area contributed by atoms with Gasteiger partial charge in [0.25, 0.3) is 0 Å². The third kappa shape index (κ3) is 3.28. The van der Waals surface area contributed by atoms with Crippen molar-refractivity contribution in [2.45, 2.75) is 44.9 Å². The van der Waals surface area contributed by atoms with Gasteiger partial charge in [-0.3, -0.25) is 4.90 Å². The number of rotatable bonds is 5. The zero-order valence-corrected chi connectivity index (χ0v) is 17.0. The van der Waals surface area contributed by atoms with Crippen molar-refractivity contribution in [2.75, 3.05) is 6.54 Å². The largest absolute Gasteiger partial charge is 0.379 e. The Morgan fingerprint density at radius 2 is 1.32 bits per heavy atom. The SMILES string of the molecule is Cc1ccc(C(O)(c2ccc(C)cc2)[C@@H]2CCN2[C@@H](C)c2ccccc2)cc1. The quantitative estimate of drug-likeness (QED) is 0.651. The summed E-state index contributed by atoms with van der Waals surface area (Å²) in [5.41, 5.74) is 4.62. The minimum absolute atomic E-state index is 0.0492. The van der Waals surface area contributed by atoms with Crippen molar-refractivity contribution in [3.63, 3.8) is 0 Å². The van der Waals surface area contributed by atoms with Crippen molar-refractivity contribution in [3.05, 3.63) is 107 Å². The molecule has 2 heteroatoms. The maximum Gasteiger partial charge on any atom is 0.130 e. The second-order valence-corrected chi connectivity index (χ2v) is 8.13. The van der Waals surface area contributed by atoms with Gasteiger partial charge < -0.3 is 5.11 Å². The van der Waals surface area contributed by atoms with Gasteiger partial charge in [0, 0.05) is 18.6 Å². The average Bonchev–Trinajstić information content (AvgIpc) is 2.68. The number of likely N-dealkylation sites (tertiary alicyclic amines) is 1. The van der Waals surface area contributed by atoms with Crippen molar-refractivity contribution < 1.29 is 5.11 Å². The summed E-state index contributed by atoms with van der Waals surface area (Å²) in [6.07, 6.45) is 0.982. The molecule has 0 spiro atoms.